The maximum Gasteiger partial charge on any atom is 0.245 e. The van der Waals surface area contributed by atoms with Crippen LogP contribution in [0.2, 0.25) is 0 Å². The lowest BCUT2D eigenvalue weighted by atomic mass is 10.2. The summed E-state index contributed by atoms with van der Waals surface area (Å²) in [5.41, 5.74) is 0.330. The molecule has 0 unspecified atom stereocenters. The topological polar surface area (TPSA) is 49.4 Å². The van der Waals surface area contributed by atoms with E-state index in [2.05, 4.69) is 21.2 Å². The van der Waals surface area contributed by atoms with Crippen LogP contribution in [-0.4, -0.2) is 32.4 Å². The smallest absolute Gasteiger partial charge is 0.245 e. The SMILES string of the molecule is CCN(C)S(=O)(=O)c1cc(Br)cc(CNC(C)C)c1F. The van der Waals surface area contributed by atoms with Gasteiger partial charge < -0.3 is 5.32 Å². The molecule has 0 aromatic heterocycles. The normalized spacial score (nSPS) is 12.4. The van der Waals surface area contributed by atoms with Crippen LogP contribution in [0.1, 0.15) is 26.3 Å². The number of nitrogens with one attached hydrogen (secondary N) is 1. The maximum absolute atomic E-state index is 14.4. The number of benzene rings is 1. The van der Waals surface area contributed by atoms with E-state index in [1.165, 1.54) is 13.1 Å². The molecule has 1 aromatic carbocycles. The van der Waals surface area contributed by atoms with Crippen LogP contribution in [-0.2, 0) is 16.6 Å². The van der Waals surface area contributed by atoms with Crippen molar-refractivity contribution in [3.8, 4) is 0 Å². The highest BCUT2D eigenvalue weighted by Crippen LogP contribution is 2.26. The Bertz CT molecular complexity index is 576. The minimum atomic E-state index is -3.80. The van der Waals surface area contributed by atoms with Gasteiger partial charge in [0.1, 0.15) is 10.7 Å². The van der Waals surface area contributed by atoms with Crippen molar-refractivity contribution in [2.75, 3.05) is 13.6 Å². The summed E-state index contributed by atoms with van der Waals surface area (Å²) in [7, 11) is -2.37. The van der Waals surface area contributed by atoms with Crippen molar-refractivity contribution in [1.82, 2.24) is 9.62 Å². The van der Waals surface area contributed by atoms with Crippen molar-refractivity contribution < 1.29 is 12.8 Å². The van der Waals surface area contributed by atoms with Gasteiger partial charge in [-0.1, -0.05) is 36.7 Å². The van der Waals surface area contributed by atoms with Crippen LogP contribution in [0.15, 0.2) is 21.5 Å². The number of halogens is 2. The van der Waals surface area contributed by atoms with Gasteiger partial charge in [-0.15, -0.1) is 0 Å². The Labute approximate surface area is 128 Å². The molecular weight excluding hydrogens is 347 g/mol. The molecule has 1 aromatic rings. The second-order valence-corrected chi connectivity index (χ2v) is 7.76. The van der Waals surface area contributed by atoms with Crippen LogP contribution in [0.4, 0.5) is 4.39 Å². The van der Waals surface area contributed by atoms with Crippen molar-refractivity contribution >= 4 is 26.0 Å². The lowest BCUT2D eigenvalue weighted by Crippen LogP contribution is -2.28. The van der Waals surface area contributed by atoms with E-state index >= 15 is 0 Å². The van der Waals surface area contributed by atoms with Gasteiger partial charge in [-0.05, 0) is 12.1 Å². The molecule has 0 atom stereocenters. The molecule has 0 aliphatic heterocycles. The zero-order valence-electron chi connectivity index (χ0n) is 12.1. The Morgan fingerprint density at radius 2 is 2.00 bits per heavy atom. The first kappa shape index (κ1) is 17.6. The average Bonchev–Trinajstić information content (AvgIpc) is 2.37. The summed E-state index contributed by atoms with van der Waals surface area (Å²) >= 11 is 3.24. The summed E-state index contributed by atoms with van der Waals surface area (Å²) in [5, 5.41) is 3.08. The highest BCUT2D eigenvalue weighted by molar-refractivity contribution is 9.10. The van der Waals surface area contributed by atoms with Crippen molar-refractivity contribution in [3.63, 3.8) is 0 Å². The Hall–Kier alpha value is -0.500. The Kier molecular flexibility index (Phi) is 6.12. The van der Waals surface area contributed by atoms with Crippen LogP contribution in [0.25, 0.3) is 0 Å². The van der Waals surface area contributed by atoms with Crippen molar-refractivity contribution in [3.05, 3.63) is 28.0 Å². The molecule has 0 saturated heterocycles. The van der Waals surface area contributed by atoms with Gasteiger partial charge in [0.2, 0.25) is 10.0 Å². The van der Waals surface area contributed by atoms with Crippen LogP contribution < -0.4 is 5.32 Å². The number of hydrogen-bond donors (Lipinski definition) is 1. The van der Waals surface area contributed by atoms with Crippen molar-refractivity contribution in [2.24, 2.45) is 0 Å². The molecule has 1 rings (SSSR count). The van der Waals surface area contributed by atoms with E-state index in [0.29, 0.717) is 10.0 Å². The summed E-state index contributed by atoms with van der Waals surface area (Å²) in [4.78, 5) is -0.295. The molecule has 0 aliphatic rings. The van der Waals surface area contributed by atoms with E-state index in [-0.39, 0.29) is 24.0 Å². The second-order valence-electron chi connectivity index (χ2n) is 4.83. The fourth-order valence-electron chi connectivity index (χ4n) is 1.59. The Morgan fingerprint density at radius 1 is 1.40 bits per heavy atom. The van der Waals surface area contributed by atoms with Crippen molar-refractivity contribution in [2.45, 2.75) is 38.3 Å². The molecule has 0 aliphatic carbocycles. The zero-order chi connectivity index (χ0) is 15.5. The molecule has 0 bridgehead atoms. The predicted octanol–water partition coefficient (Wildman–Crippen LogP) is 2.73. The Morgan fingerprint density at radius 3 is 2.50 bits per heavy atom. The zero-order valence-corrected chi connectivity index (χ0v) is 14.5. The first-order valence-electron chi connectivity index (χ1n) is 6.37. The largest absolute Gasteiger partial charge is 0.310 e. The quantitative estimate of drug-likeness (QED) is 0.841. The van der Waals surface area contributed by atoms with Gasteiger partial charge in [0.25, 0.3) is 0 Å². The van der Waals surface area contributed by atoms with Gasteiger partial charge in [-0.2, -0.15) is 0 Å². The number of rotatable bonds is 6. The summed E-state index contributed by atoms with van der Waals surface area (Å²) in [6.07, 6.45) is 0. The summed E-state index contributed by atoms with van der Waals surface area (Å²) in [6.45, 7) is 6.15. The summed E-state index contributed by atoms with van der Waals surface area (Å²) in [5.74, 6) is -0.693. The van der Waals surface area contributed by atoms with E-state index in [9.17, 15) is 12.8 Å². The minimum Gasteiger partial charge on any atom is -0.310 e. The molecule has 0 spiro atoms. The third-order valence-corrected chi connectivity index (χ3v) is 5.30. The predicted molar refractivity (Wildman–Crippen MR) is 81.6 cm³/mol. The van der Waals surface area contributed by atoms with E-state index in [0.717, 1.165) is 4.31 Å². The molecule has 0 heterocycles. The Balaban J connectivity index is 3.28. The van der Waals surface area contributed by atoms with E-state index < -0.39 is 15.8 Å². The van der Waals surface area contributed by atoms with Gasteiger partial charge in [0, 0.05) is 36.2 Å². The van der Waals surface area contributed by atoms with Gasteiger partial charge in [0.15, 0.2) is 0 Å². The number of sulfonamides is 1. The molecule has 20 heavy (non-hydrogen) atoms. The third-order valence-electron chi connectivity index (χ3n) is 2.91. The van der Waals surface area contributed by atoms with Gasteiger partial charge in [-0.25, -0.2) is 17.1 Å². The van der Waals surface area contributed by atoms with Crippen LogP contribution in [0, 0.1) is 5.82 Å². The number of nitrogens with zero attached hydrogens (tertiary/aromatic N) is 1. The van der Waals surface area contributed by atoms with Crippen molar-refractivity contribution in [1.29, 1.82) is 0 Å². The molecule has 0 fully saturated rings. The standard InChI is InChI=1S/C13H20BrFN2O2S/c1-5-17(4)20(18,19)12-7-11(14)6-10(13(12)15)8-16-9(2)3/h6-7,9,16H,5,8H2,1-4H3. The summed E-state index contributed by atoms with van der Waals surface area (Å²) in [6, 6.07) is 3.08. The van der Waals surface area contributed by atoms with E-state index in [1.54, 1.807) is 13.0 Å². The van der Waals surface area contributed by atoms with Gasteiger partial charge >= 0.3 is 0 Å². The fraction of sp³-hybridized carbons (Fsp3) is 0.538. The average molecular weight is 367 g/mol. The molecule has 7 heteroatoms. The first-order chi connectivity index (χ1) is 9.20. The minimum absolute atomic E-state index is 0.187. The maximum atomic E-state index is 14.4. The third kappa shape index (κ3) is 4.00. The fourth-order valence-corrected chi connectivity index (χ4v) is 3.55. The first-order valence-corrected chi connectivity index (χ1v) is 8.61. The number of hydrogen-bond acceptors (Lipinski definition) is 3. The van der Waals surface area contributed by atoms with Crippen LogP contribution >= 0.6 is 15.9 Å². The molecule has 4 nitrogen and oxygen atoms in total. The molecular formula is C13H20BrFN2O2S. The van der Waals surface area contributed by atoms with Gasteiger partial charge in [-0.3, -0.25) is 0 Å². The molecule has 0 amide bonds. The molecule has 0 saturated carbocycles. The molecule has 114 valence electrons. The molecule has 0 radical (unpaired) electrons. The van der Waals surface area contributed by atoms with Crippen LogP contribution in [0.5, 0.6) is 0 Å². The monoisotopic (exact) mass is 366 g/mol. The molecule has 1 N–H and O–H groups in total. The van der Waals surface area contributed by atoms with Gasteiger partial charge in [0.05, 0.1) is 0 Å². The van der Waals surface area contributed by atoms with E-state index in [4.69, 9.17) is 0 Å². The highest BCUT2D eigenvalue weighted by atomic mass is 79.9. The summed E-state index contributed by atoms with van der Waals surface area (Å²) < 4.78 is 40.6. The lowest BCUT2D eigenvalue weighted by Gasteiger charge is -2.17. The lowest BCUT2D eigenvalue weighted by molar-refractivity contribution is 0.474. The second kappa shape index (κ2) is 6.98. The van der Waals surface area contributed by atoms with Crippen LogP contribution in [0.3, 0.4) is 0 Å². The highest BCUT2D eigenvalue weighted by Gasteiger charge is 2.25. The van der Waals surface area contributed by atoms with E-state index in [1.807, 2.05) is 13.8 Å².